The van der Waals surface area contributed by atoms with Crippen molar-refractivity contribution in [2.45, 2.75) is 44.6 Å². The Kier molecular flexibility index (Phi) is 4.22. The van der Waals surface area contributed by atoms with Gasteiger partial charge in [-0.3, -0.25) is 4.79 Å². The standard InChI is InChI=1S/C23H29N3O2/c1-26-8-7-24-21(26)20(18-3-5-19(28-2)6-4-18)25-22(27)23-12-15-9-16(13-23)11-17(10-15)14-23/h3-8,15-17,20H,9-14H2,1-2H3,(H,25,27)/t15?,16?,17?,20-,23?/m1/s1. The first kappa shape index (κ1) is 17.8. The average molecular weight is 380 g/mol. The lowest BCUT2D eigenvalue weighted by Gasteiger charge is -2.55. The van der Waals surface area contributed by atoms with Gasteiger partial charge in [0.2, 0.25) is 5.91 Å². The van der Waals surface area contributed by atoms with Crippen LogP contribution >= 0.6 is 0 Å². The number of aromatic nitrogens is 2. The molecule has 1 aromatic carbocycles. The van der Waals surface area contributed by atoms with Crippen LogP contribution in [0.15, 0.2) is 36.7 Å². The van der Waals surface area contributed by atoms with Crippen LogP contribution in [0.1, 0.15) is 56.0 Å². The topological polar surface area (TPSA) is 56.1 Å². The van der Waals surface area contributed by atoms with Gasteiger partial charge in [0, 0.05) is 24.9 Å². The first-order chi connectivity index (χ1) is 13.6. The monoisotopic (exact) mass is 379 g/mol. The molecule has 1 amide bonds. The fourth-order valence-electron chi connectivity index (χ4n) is 6.42. The number of methoxy groups -OCH3 is 1. The van der Waals surface area contributed by atoms with Crippen LogP contribution < -0.4 is 10.1 Å². The number of carbonyl (C=O) groups excluding carboxylic acids is 1. The van der Waals surface area contributed by atoms with Crippen LogP contribution in [0.5, 0.6) is 5.75 Å². The Labute approximate surface area is 166 Å². The van der Waals surface area contributed by atoms with Crippen molar-refractivity contribution in [3.05, 3.63) is 48.0 Å². The van der Waals surface area contributed by atoms with Gasteiger partial charge in [0.25, 0.3) is 0 Å². The second-order valence-corrected chi connectivity index (χ2v) is 9.27. The lowest BCUT2D eigenvalue weighted by molar-refractivity contribution is -0.146. The van der Waals surface area contributed by atoms with Crippen LogP contribution in [0, 0.1) is 23.2 Å². The van der Waals surface area contributed by atoms with Crippen LogP contribution in [0.2, 0.25) is 0 Å². The molecule has 28 heavy (non-hydrogen) atoms. The molecular weight excluding hydrogens is 350 g/mol. The van der Waals surface area contributed by atoms with E-state index in [0.29, 0.717) is 0 Å². The van der Waals surface area contributed by atoms with E-state index >= 15 is 0 Å². The highest BCUT2D eigenvalue weighted by atomic mass is 16.5. The van der Waals surface area contributed by atoms with Gasteiger partial charge >= 0.3 is 0 Å². The number of carbonyl (C=O) groups is 1. The zero-order valence-corrected chi connectivity index (χ0v) is 16.7. The molecule has 4 saturated carbocycles. The van der Waals surface area contributed by atoms with E-state index in [1.54, 1.807) is 13.3 Å². The Morgan fingerprint density at radius 2 is 1.75 bits per heavy atom. The zero-order chi connectivity index (χ0) is 19.3. The largest absolute Gasteiger partial charge is 0.497 e. The quantitative estimate of drug-likeness (QED) is 0.858. The minimum atomic E-state index is -0.244. The van der Waals surface area contributed by atoms with Crippen molar-refractivity contribution in [3.8, 4) is 5.75 Å². The average Bonchev–Trinajstić information content (AvgIpc) is 3.10. The summed E-state index contributed by atoms with van der Waals surface area (Å²) in [5.41, 5.74) is 0.873. The van der Waals surface area contributed by atoms with Gasteiger partial charge in [0.05, 0.1) is 7.11 Å². The summed E-state index contributed by atoms with van der Waals surface area (Å²) in [5, 5.41) is 3.41. The third-order valence-electron chi connectivity index (χ3n) is 7.36. The molecule has 0 unspecified atom stereocenters. The van der Waals surface area contributed by atoms with E-state index in [4.69, 9.17) is 4.74 Å². The Bertz CT molecular complexity index is 835. The fraction of sp³-hybridized carbons (Fsp3) is 0.565. The Morgan fingerprint density at radius 3 is 2.25 bits per heavy atom. The van der Waals surface area contributed by atoms with Gasteiger partial charge in [-0.15, -0.1) is 0 Å². The molecule has 1 atom stereocenters. The normalized spacial score (nSPS) is 31.6. The second-order valence-electron chi connectivity index (χ2n) is 9.27. The smallest absolute Gasteiger partial charge is 0.227 e. The molecule has 5 heteroatoms. The summed E-state index contributed by atoms with van der Waals surface area (Å²) in [6.07, 6.45) is 11.0. The molecule has 0 radical (unpaired) electrons. The van der Waals surface area contributed by atoms with Gasteiger partial charge in [0.15, 0.2) is 0 Å². The molecule has 1 aromatic heterocycles. The van der Waals surface area contributed by atoms with Crippen molar-refractivity contribution in [2.24, 2.45) is 30.2 Å². The van der Waals surface area contributed by atoms with E-state index < -0.39 is 0 Å². The third kappa shape index (κ3) is 2.92. The molecule has 0 aliphatic heterocycles. The van der Waals surface area contributed by atoms with Gasteiger partial charge in [-0.1, -0.05) is 12.1 Å². The summed E-state index contributed by atoms with van der Waals surface area (Å²) in [4.78, 5) is 18.2. The van der Waals surface area contributed by atoms with Gasteiger partial charge in [-0.25, -0.2) is 4.98 Å². The van der Waals surface area contributed by atoms with Crippen molar-refractivity contribution in [3.63, 3.8) is 0 Å². The number of hydrogen-bond acceptors (Lipinski definition) is 3. The lowest BCUT2D eigenvalue weighted by atomic mass is 9.49. The van der Waals surface area contributed by atoms with E-state index in [1.165, 1.54) is 19.3 Å². The molecule has 1 N–H and O–H groups in total. The van der Waals surface area contributed by atoms with E-state index in [0.717, 1.165) is 54.2 Å². The minimum absolute atomic E-state index is 0.162. The highest BCUT2D eigenvalue weighted by Crippen LogP contribution is 2.60. The van der Waals surface area contributed by atoms with E-state index in [-0.39, 0.29) is 17.4 Å². The number of amides is 1. The maximum Gasteiger partial charge on any atom is 0.227 e. The molecule has 5 nitrogen and oxygen atoms in total. The van der Waals surface area contributed by atoms with Crippen LogP contribution in [0.4, 0.5) is 0 Å². The molecule has 6 rings (SSSR count). The molecule has 4 aliphatic rings. The summed E-state index contributed by atoms with van der Waals surface area (Å²) in [5.74, 6) is 4.17. The predicted molar refractivity (Wildman–Crippen MR) is 107 cm³/mol. The molecule has 1 heterocycles. The number of imidazole rings is 1. The molecule has 148 valence electrons. The van der Waals surface area contributed by atoms with Crippen molar-refractivity contribution in [2.75, 3.05) is 7.11 Å². The minimum Gasteiger partial charge on any atom is -0.497 e. The molecular formula is C23H29N3O2. The van der Waals surface area contributed by atoms with Crippen LogP contribution in [-0.2, 0) is 11.8 Å². The third-order valence-corrected chi connectivity index (χ3v) is 7.36. The summed E-state index contributed by atoms with van der Waals surface area (Å²) < 4.78 is 7.30. The van der Waals surface area contributed by atoms with Crippen LogP contribution in [0.3, 0.4) is 0 Å². The molecule has 4 aliphatic carbocycles. The van der Waals surface area contributed by atoms with Crippen LogP contribution in [0.25, 0.3) is 0 Å². The zero-order valence-electron chi connectivity index (χ0n) is 16.7. The molecule has 0 spiro atoms. The summed E-state index contributed by atoms with van der Waals surface area (Å²) in [7, 11) is 3.65. The second kappa shape index (κ2) is 6.64. The number of nitrogens with one attached hydrogen (secondary N) is 1. The number of hydrogen-bond donors (Lipinski definition) is 1. The maximum absolute atomic E-state index is 13.6. The van der Waals surface area contributed by atoms with Gasteiger partial charge in [-0.2, -0.15) is 0 Å². The summed E-state index contributed by atoms with van der Waals surface area (Å²) in [6, 6.07) is 7.70. The van der Waals surface area contributed by atoms with Crippen molar-refractivity contribution in [1.82, 2.24) is 14.9 Å². The lowest BCUT2D eigenvalue weighted by Crippen LogP contribution is -2.54. The number of benzene rings is 1. The number of ether oxygens (including phenoxy) is 1. The van der Waals surface area contributed by atoms with Crippen molar-refractivity contribution < 1.29 is 9.53 Å². The molecule has 0 saturated heterocycles. The SMILES string of the molecule is COc1ccc([C@@H](NC(=O)C23CC4CC(CC(C4)C2)C3)c2nccn2C)cc1. The van der Waals surface area contributed by atoms with Crippen molar-refractivity contribution >= 4 is 5.91 Å². The number of rotatable bonds is 5. The van der Waals surface area contributed by atoms with Gasteiger partial charge < -0.3 is 14.6 Å². The first-order valence-electron chi connectivity index (χ1n) is 10.5. The van der Waals surface area contributed by atoms with E-state index in [1.807, 2.05) is 42.1 Å². The maximum atomic E-state index is 13.6. The first-order valence-corrected chi connectivity index (χ1v) is 10.5. The number of nitrogens with zero attached hydrogens (tertiary/aromatic N) is 2. The van der Waals surface area contributed by atoms with Gasteiger partial charge in [0.1, 0.15) is 17.6 Å². The van der Waals surface area contributed by atoms with E-state index in [9.17, 15) is 4.79 Å². The highest BCUT2D eigenvalue weighted by Gasteiger charge is 2.54. The summed E-state index contributed by atoms with van der Waals surface area (Å²) >= 11 is 0. The Balaban J connectivity index is 1.45. The molecule has 2 aromatic rings. The Morgan fingerprint density at radius 1 is 1.14 bits per heavy atom. The van der Waals surface area contributed by atoms with Crippen LogP contribution in [-0.4, -0.2) is 22.6 Å². The molecule has 4 bridgehead atoms. The van der Waals surface area contributed by atoms with Crippen molar-refractivity contribution in [1.29, 1.82) is 0 Å². The predicted octanol–water partition coefficient (Wildman–Crippen LogP) is 3.85. The fourth-order valence-corrected chi connectivity index (χ4v) is 6.42. The highest BCUT2D eigenvalue weighted by molar-refractivity contribution is 5.84. The summed E-state index contributed by atoms with van der Waals surface area (Å²) in [6.45, 7) is 0. The van der Waals surface area contributed by atoms with Gasteiger partial charge in [-0.05, 0) is 74.0 Å². The Hall–Kier alpha value is -2.30. The molecule has 4 fully saturated rings. The van der Waals surface area contributed by atoms with E-state index in [2.05, 4.69) is 10.3 Å². The number of aryl methyl sites for hydroxylation is 1.